The molecular weight excluding hydrogens is 292 g/mol. The Kier molecular flexibility index (Phi) is 5.48. The number of aryl methyl sites for hydroxylation is 1. The zero-order valence-electron chi connectivity index (χ0n) is 12.7. The van der Waals surface area contributed by atoms with Gasteiger partial charge in [-0.25, -0.2) is 0 Å². The Morgan fingerprint density at radius 1 is 1.13 bits per heavy atom. The Hall–Kier alpha value is -3.13. The van der Waals surface area contributed by atoms with Crippen LogP contribution in [0.2, 0.25) is 0 Å². The number of ether oxygens (including phenoxy) is 1. The number of esters is 1. The maximum Gasteiger partial charge on any atom is 0.310 e. The average molecular weight is 308 g/mol. The van der Waals surface area contributed by atoms with Crippen LogP contribution in [-0.4, -0.2) is 18.5 Å². The van der Waals surface area contributed by atoms with E-state index in [2.05, 4.69) is 5.32 Å². The summed E-state index contributed by atoms with van der Waals surface area (Å²) in [7, 11) is 0. The van der Waals surface area contributed by atoms with Crippen molar-refractivity contribution in [2.75, 3.05) is 11.9 Å². The van der Waals surface area contributed by atoms with Gasteiger partial charge in [-0.2, -0.15) is 5.26 Å². The summed E-state index contributed by atoms with van der Waals surface area (Å²) in [6.07, 6.45) is 0.136. The molecule has 0 heterocycles. The number of nitrogens with one attached hydrogen (secondary N) is 1. The molecule has 0 atom stereocenters. The van der Waals surface area contributed by atoms with E-state index >= 15 is 0 Å². The molecule has 2 aromatic carbocycles. The Labute approximate surface area is 134 Å². The van der Waals surface area contributed by atoms with E-state index in [1.54, 1.807) is 24.3 Å². The highest BCUT2D eigenvalue weighted by molar-refractivity contribution is 5.92. The second kappa shape index (κ2) is 7.76. The first-order chi connectivity index (χ1) is 11.1. The van der Waals surface area contributed by atoms with Gasteiger partial charge in [0.05, 0.1) is 18.1 Å². The predicted octanol–water partition coefficient (Wildman–Crippen LogP) is 2.59. The smallest absolute Gasteiger partial charge is 0.310 e. The SMILES string of the molecule is Cc1ccccc1CC(=O)OCC(=O)Nc1ccc(C#N)cc1. The lowest BCUT2D eigenvalue weighted by Crippen LogP contribution is -2.21. The van der Waals surface area contributed by atoms with Gasteiger partial charge < -0.3 is 10.1 Å². The highest BCUT2D eigenvalue weighted by atomic mass is 16.5. The van der Waals surface area contributed by atoms with Gasteiger partial charge >= 0.3 is 5.97 Å². The van der Waals surface area contributed by atoms with Gasteiger partial charge in [-0.05, 0) is 42.3 Å². The van der Waals surface area contributed by atoms with Gasteiger partial charge in [-0.1, -0.05) is 24.3 Å². The van der Waals surface area contributed by atoms with Crippen molar-refractivity contribution in [3.63, 3.8) is 0 Å². The van der Waals surface area contributed by atoms with E-state index < -0.39 is 11.9 Å². The maximum absolute atomic E-state index is 11.8. The molecule has 116 valence electrons. The minimum absolute atomic E-state index is 0.136. The van der Waals surface area contributed by atoms with E-state index in [1.807, 2.05) is 37.3 Å². The molecule has 1 N–H and O–H groups in total. The van der Waals surface area contributed by atoms with Gasteiger partial charge in [0, 0.05) is 5.69 Å². The van der Waals surface area contributed by atoms with Crippen LogP contribution in [0.15, 0.2) is 48.5 Å². The van der Waals surface area contributed by atoms with Crippen molar-refractivity contribution < 1.29 is 14.3 Å². The molecular formula is C18H16N2O3. The van der Waals surface area contributed by atoms with Gasteiger partial charge in [0.15, 0.2) is 6.61 Å². The molecule has 0 aliphatic carbocycles. The Morgan fingerprint density at radius 3 is 2.48 bits per heavy atom. The van der Waals surface area contributed by atoms with Crippen molar-refractivity contribution in [3.05, 3.63) is 65.2 Å². The van der Waals surface area contributed by atoms with Crippen LogP contribution in [0.25, 0.3) is 0 Å². The lowest BCUT2D eigenvalue weighted by Gasteiger charge is -2.08. The number of carbonyl (C=O) groups is 2. The van der Waals surface area contributed by atoms with Crippen LogP contribution in [0.1, 0.15) is 16.7 Å². The van der Waals surface area contributed by atoms with Crippen LogP contribution in [-0.2, 0) is 20.7 Å². The Bertz CT molecular complexity index is 746. The molecule has 0 fully saturated rings. The Balaban J connectivity index is 1.80. The van der Waals surface area contributed by atoms with Crippen LogP contribution in [0.5, 0.6) is 0 Å². The highest BCUT2D eigenvalue weighted by Crippen LogP contribution is 2.10. The lowest BCUT2D eigenvalue weighted by molar-refractivity contribution is -0.146. The Morgan fingerprint density at radius 2 is 1.83 bits per heavy atom. The van der Waals surface area contributed by atoms with Crippen molar-refractivity contribution in [1.29, 1.82) is 5.26 Å². The van der Waals surface area contributed by atoms with Gasteiger partial charge in [0.2, 0.25) is 0 Å². The number of carbonyl (C=O) groups excluding carboxylic acids is 2. The first-order valence-corrected chi connectivity index (χ1v) is 7.08. The second-order valence-electron chi connectivity index (χ2n) is 5.00. The molecule has 1 amide bonds. The van der Waals surface area contributed by atoms with Gasteiger partial charge in [-0.15, -0.1) is 0 Å². The van der Waals surface area contributed by atoms with E-state index in [9.17, 15) is 9.59 Å². The summed E-state index contributed by atoms with van der Waals surface area (Å²) in [4.78, 5) is 23.5. The standard InChI is InChI=1S/C18H16N2O3/c1-13-4-2-3-5-15(13)10-18(22)23-12-17(21)20-16-8-6-14(11-19)7-9-16/h2-9H,10,12H2,1H3,(H,20,21). The number of amides is 1. The van der Waals surface area contributed by atoms with E-state index in [-0.39, 0.29) is 13.0 Å². The van der Waals surface area contributed by atoms with Gasteiger partial charge in [0.1, 0.15) is 0 Å². The van der Waals surface area contributed by atoms with Crippen molar-refractivity contribution in [3.8, 4) is 6.07 Å². The fourth-order valence-corrected chi connectivity index (χ4v) is 1.99. The summed E-state index contributed by atoms with van der Waals surface area (Å²) in [6, 6.07) is 15.9. The largest absolute Gasteiger partial charge is 0.455 e. The minimum atomic E-state index is -0.450. The molecule has 5 nitrogen and oxygen atoms in total. The van der Waals surface area contributed by atoms with Crippen LogP contribution < -0.4 is 5.32 Å². The van der Waals surface area contributed by atoms with Gasteiger partial charge in [0.25, 0.3) is 5.91 Å². The molecule has 0 saturated carbocycles. The normalized spacial score (nSPS) is 9.74. The van der Waals surface area contributed by atoms with Crippen LogP contribution in [0.4, 0.5) is 5.69 Å². The molecule has 0 aromatic heterocycles. The molecule has 0 aliphatic heterocycles. The first-order valence-electron chi connectivity index (χ1n) is 7.08. The number of anilines is 1. The van der Waals surface area contributed by atoms with Crippen molar-refractivity contribution in [2.24, 2.45) is 0 Å². The number of benzene rings is 2. The zero-order valence-corrected chi connectivity index (χ0v) is 12.7. The summed E-state index contributed by atoms with van der Waals surface area (Å²) < 4.78 is 4.98. The van der Waals surface area contributed by atoms with Crippen LogP contribution >= 0.6 is 0 Å². The molecule has 0 spiro atoms. The third-order valence-electron chi connectivity index (χ3n) is 3.26. The van der Waals surface area contributed by atoms with E-state index in [0.29, 0.717) is 11.3 Å². The molecule has 0 radical (unpaired) electrons. The summed E-state index contributed by atoms with van der Waals surface area (Å²) >= 11 is 0. The highest BCUT2D eigenvalue weighted by Gasteiger charge is 2.10. The van der Waals surface area contributed by atoms with Crippen molar-refractivity contribution in [1.82, 2.24) is 0 Å². The van der Waals surface area contributed by atoms with Gasteiger partial charge in [-0.3, -0.25) is 9.59 Å². The van der Waals surface area contributed by atoms with Crippen molar-refractivity contribution in [2.45, 2.75) is 13.3 Å². The number of rotatable bonds is 5. The lowest BCUT2D eigenvalue weighted by atomic mass is 10.1. The molecule has 0 saturated heterocycles. The predicted molar refractivity (Wildman–Crippen MR) is 85.6 cm³/mol. The molecule has 0 bridgehead atoms. The summed E-state index contributed by atoms with van der Waals surface area (Å²) in [5, 5.41) is 11.3. The van der Waals surface area contributed by atoms with Crippen molar-refractivity contribution >= 4 is 17.6 Å². The number of nitriles is 1. The fourth-order valence-electron chi connectivity index (χ4n) is 1.99. The average Bonchev–Trinajstić information content (AvgIpc) is 2.56. The third-order valence-corrected chi connectivity index (χ3v) is 3.26. The first kappa shape index (κ1) is 16.2. The molecule has 0 aliphatic rings. The van der Waals surface area contributed by atoms with Crippen LogP contribution in [0, 0.1) is 18.3 Å². The summed E-state index contributed by atoms with van der Waals surface area (Å²) in [6.45, 7) is 1.57. The molecule has 23 heavy (non-hydrogen) atoms. The fraction of sp³-hybridized carbons (Fsp3) is 0.167. The molecule has 0 unspecified atom stereocenters. The molecule has 5 heteroatoms. The van der Waals surface area contributed by atoms with Crippen LogP contribution in [0.3, 0.4) is 0 Å². The summed E-state index contributed by atoms with van der Waals surface area (Å²) in [5.74, 6) is -0.873. The number of hydrogen-bond acceptors (Lipinski definition) is 4. The molecule has 2 aromatic rings. The minimum Gasteiger partial charge on any atom is -0.455 e. The topological polar surface area (TPSA) is 79.2 Å². The third kappa shape index (κ3) is 4.97. The summed E-state index contributed by atoms with van der Waals surface area (Å²) in [5.41, 5.74) is 2.94. The van der Waals surface area contributed by atoms with E-state index in [4.69, 9.17) is 10.00 Å². The maximum atomic E-state index is 11.8. The van der Waals surface area contributed by atoms with E-state index in [0.717, 1.165) is 11.1 Å². The zero-order chi connectivity index (χ0) is 16.7. The van der Waals surface area contributed by atoms with E-state index in [1.165, 1.54) is 0 Å². The quantitative estimate of drug-likeness (QED) is 0.861. The molecule has 2 rings (SSSR count). The number of hydrogen-bond donors (Lipinski definition) is 1. The monoisotopic (exact) mass is 308 g/mol. The number of nitrogens with zero attached hydrogens (tertiary/aromatic N) is 1. The second-order valence-corrected chi connectivity index (χ2v) is 5.00.